The average Bonchev–Trinajstić information content (AvgIpc) is 2.70. The number of nitrogens with zero attached hydrogens (tertiary/aromatic N) is 2. The van der Waals surface area contributed by atoms with Crippen LogP contribution >= 0.6 is 15.9 Å². The van der Waals surface area contributed by atoms with Gasteiger partial charge in [-0.25, -0.2) is 9.97 Å². The summed E-state index contributed by atoms with van der Waals surface area (Å²) in [5.41, 5.74) is -2.91. The molecule has 0 aliphatic rings. The molecule has 4 aromatic rings. The summed E-state index contributed by atoms with van der Waals surface area (Å²) in [6, 6.07) is 5.12. The van der Waals surface area contributed by atoms with E-state index in [0.29, 0.717) is 4.47 Å². The number of halogens is 7. The SMILES string of the molecule is O=c1[nH]cc(Br)c2nc(C(F)(F)F)ccc12.O=c1[nH]ccc2nc(C(F)(F)F)ccc12. The molecule has 0 atom stereocenters. The van der Waals surface area contributed by atoms with Crippen molar-refractivity contribution in [1.82, 2.24) is 19.9 Å². The maximum atomic E-state index is 12.4. The Morgan fingerprint density at radius 3 is 1.90 bits per heavy atom. The van der Waals surface area contributed by atoms with E-state index < -0.39 is 34.9 Å². The van der Waals surface area contributed by atoms with Gasteiger partial charge >= 0.3 is 12.4 Å². The second kappa shape index (κ2) is 8.13. The number of fused-ring (bicyclic) bond motifs is 2. The minimum absolute atomic E-state index is 0.00132. The highest BCUT2D eigenvalue weighted by Gasteiger charge is 2.33. The van der Waals surface area contributed by atoms with Crippen molar-refractivity contribution in [1.29, 1.82) is 0 Å². The highest BCUT2D eigenvalue weighted by molar-refractivity contribution is 9.10. The normalized spacial score (nSPS) is 12.0. The van der Waals surface area contributed by atoms with Crippen LogP contribution in [0.1, 0.15) is 11.4 Å². The highest BCUT2D eigenvalue weighted by Crippen LogP contribution is 2.30. The largest absolute Gasteiger partial charge is 0.433 e. The van der Waals surface area contributed by atoms with E-state index in [9.17, 15) is 35.9 Å². The number of aromatic amines is 2. The van der Waals surface area contributed by atoms with Gasteiger partial charge in [0.25, 0.3) is 11.1 Å². The monoisotopic (exact) mass is 506 g/mol. The van der Waals surface area contributed by atoms with Gasteiger partial charge in [0, 0.05) is 12.4 Å². The van der Waals surface area contributed by atoms with Gasteiger partial charge in [0.2, 0.25) is 0 Å². The molecule has 0 radical (unpaired) electrons. The zero-order chi connectivity index (χ0) is 23.0. The van der Waals surface area contributed by atoms with Crippen LogP contribution in [0.5, 0.6) is 0 Å². The number of H-pyrrole nitrogens is 2. The van der Waals surface area contributed by atoms with Crippen molar-refractivity contribution >= 4 is 37.7 Å². The van der Waals surface area contributed by atoms with Crippen molar-refractivity contribution in [3.8, 4) is 0 Å². The Morgan fingerprint density at radius 1 is 0.742 bits per heavy atom. The van der Waals surface area contributed by atoms with Crippen LogP contribution in [0.15, 0.2) is 56.8 Å². The first kappa shape index (κ1) is 22.5. The molecule has 2 N–H and O–H groups in total. The molecule has 6 nitrogen and oxygen atoms in total. The second-order valence-electron chi connectivity index (χ2n) is 5.99. The lowest BCUT2D eigenvalue weighted by Gasteiger charge is -2.06. The molecule has 0 aliphatic heterocycles. The predicted molar refractivity (Wildman–Crippen MR) is 102 cm³/mol. The third kappa shape index (κ3) is 4.93. The predicted octanol–water partition coefficient (Wildman–Crippen LogP) is 4.65. The van der Waals surface area contributed by atoms with Gasteiger partial charge in [0.1, 0.15) is 11.4 Å². The van der Waals surface area contributed by atoms with E-state index >= 15 is 0 Å². The molecule has 0 aliphatic carbocycles. The molecule has 13 heteroatoms. The molecule has 0 saturated carbocycles. The number of hydrogen-bond donors (Lipinski definition) is 2. The first-order valence-corrected chi connectivity index (χ1v) is 8.98. The van der Waals surface area contributed by atoms with Crippen molar-refractivity contribution in [3.63, 3.8) is 0 Å². The smallest absolute Gasteiger partial charge is 0.328 e. The minimum atomic E-state index is -4.52. The molecule has 0 aromatic carbocycles. The Hall–Kier alpha value is -3.22. The van der Waals surface area contributed by atoms with Gasteiger partial charge in [0.05, 0.1) is 26.3 Å². The fourth-order valence-corrected chi connectivity index (χ4v) is 2.90. The summed E-state index contributed by atoms with van der Waals surface area (Å²) >= 11 is 3.03. The number of pyridine rings is 4. The van der Waals surface area contributed by atoms with Crippen molar-refractivity contribution < 1.29 is 26.3 Å². The molecule has 0 fully saturated rings. The molecular formula is C18H9BrF6N4O2. The lowest BCUT2D eigenvalue weighted by Crippen LogP contribution is -2.11. The quantitative estimate of drug-likeness (QED) is 0.340. The van der Waals surface area contributed by atoms with Crippen LogP contribution in [0.25, 0.3) is 21.8 Å². The highest BCUT2D eigenvalue weighted by atomic mass is 79.9. The first-order valence-electron chi connectivity index (χ1n) is 8.18. The average molecular weight is 507 g/mol. The fraction of sp³-hybridized carbons (Fsp3) is 0.111. The van der Waals surface area contributed by atoms with Crippen molar-refractivity contribution in [2.45, 2.75) is 12.4 Å². The summed E-state index contributed by atoms with van der Waals surface area (Å²) in [5.74, 6) is 0. The summed E-state index contributed by atoms with van der Waals surface area (Å²) < 4.78 is 74.3. The van der Waals surface area contributed by atoms with E-state index in [1.807, 2.05) is 0 Å². The Kier molecular flexibility index (Phi) is 5.89. The van der Waals surface area contributed by atoms with Gasteiger partial charge in [-0.3, -0.25) is 9.59 Å². The minimum Gasteiger partial charge on any atom is -0.328 e. The van der Waals surface area contributed by atoms with Gasteiger partial charge in [-0.05, 0) is 46.3 Å². The molecule has 4 heterocycles. The van der Waals surface area contributed by atoms with Crippen LogP contribution in [0.3, 0.4) is 0 Å². The zero-order valence-corrected chi connectivity index (χ0v) is 16.5. The third-order valence-corrected chi connectivity index (χ3v) is 4.51. The molecule has 0 bridgehead atoms. The van der Waals surface area contributed by atoms with E-state index in [2.05, 4.69) is 35.9 Å². The Morgan fingerprint density at radius 2 is 1.29 bits per heavy atom. The van der Waals surface area contributed by atoms with Crippen molar-refractivity contribution in [2.75, 3.05) is 0 Å². The number of rotatable bonds is 0. The molecule has 4 rings (SSSR count). The summed E-state index contributed by atoms with van der Waals surface area (Å²) in [6.07, 6.45) is -6.48. The lowest BCUT2D eigenvalue weighted by molar-refractivity contribution is -0.141. The molecule has 0 unspecified atom stereocenters. The van der Waals surface area contributed by atoms with Gasteiger partial charge in [-0.1, -0.05) is 0 Å². The third-order valence-electron chi connectivity index (χ3n) is 3.90. The van der Waals surface area contributed by atoms with E-state index in [1.165, 1.54) is 18.5 Å². The molecular weight excluding hydrogens is 498 g/mol. The molecule has 0 amide bonds. The maximum absolute atomic E-state index is 12.4. The summed E-state index contributed by atoms with van der Waals surface area (Å²) in [7, 11) is 0. The van der Waals surface area contributed by atoms with Crippen LogP contribution in [0, 0.1) is 0 Å². The molecule has 0 spiro atoms. The van der Waals surface area contributed by atoms with Gasteiger partial charge < -0.3 is 9.97 Å². The number of aromatic nitrogens is 4. The topological polar surface area (TPSA) is 91.5 Å². The van der Waals surface area contributed by atoms with Gasteiger partial charge in [0.15, 0.2) is 0 Å². The lowest BCUT2D eigenvalue weighted by atomic mass is 10.2. The Bertz CT molecular complexity index is 1380. The molecule has 162 valence electrons. The maximum Gasteiger partial charge on any atom is 0.433 e. The number of hydrogen-bond acceptors (Lipinski definition) is 4. The van der Waals surface area contributed by atoms with Crippen LogP contribution in [-0.4, -0.2) is 19.9 Å². The number of alkyl halides is 6. The zero-order valence-electron chi connectivity index (χ0n) is 14.9. The van der Waals surface area contributed by atoms with Crippen LogP contribution < -0.4 is 11.1 Å². The van der Waals surface area contributed by atoms with Crippen LogP contribution in [-0.2, 0) is 12.4 Å². The number of nitrogens with one attached hydrogen (secondary N) is 2. The second-order valence-corrected chi connectivity index (χ2v) is 6.84. The molecule has 31 heavy (non-hydrogen) atoms. The first-order chi connectivity index (χ1) is 14.4. The van der Waals surface area contributed by atoms with Crippen LogP contribution in [0.4, 0.5) is 26.3 Å². The summed E-state index contributed by atoms with van der Waals surface area (Å²) in [4.78, 5) is 34.0. The Labute approximate surface area is 176 Å². The standard InChI is InChI=1S/C9H4BrF3N2O.C9H5F3N2O/c10-5-3-14-8(16)4-1-2-6(9(11,12)13)15-7(4)5;10-9(11,12)7-2-1-5-6(14-7)3-4-13-8(5)15/h1-3H,(H,14,16);1-4H,(H,13,15). The fourth-order valence-electron chi connectivity index (χ4n) is 2.48. The van der Waals surface area contributed by atoms with Crippen molar-refractivity contribution in [2.24, 2.45) is 0 Å². The van der Waals surface area contributed by atoms with E-state index in [1.54, 1.807) is 0 Å². The van der Waals surface area contributed by atoms with E-state index in [0.717, 1.165) is 24.3 Å². The Balaban J connectivity index is 0.000000176. The molecule has 4 aromatic heterocycles. The van der Waals surface area contributed by atoms with Crippen LogP contribution in [0.2, 0.25) is 0 Å². The van der Waals surface area contributed by atoms with E-state index in [4.69, 9.17) is 0 Å². The van der Waals surface area contributed by atoms with E-state index in [-0.39, 0.29) is 21.8 Å². The molecule has 0 saturated heterocycles. The van der Waals surface area contributed by atoms with Gasteiger partial charge in [-0.2, -0.15) is 26.3 Å². The van der Waals surface area contributed by atoms with Gasteiger partial charge in [-0.15, -0.1) is 0 Å². The summed E-state index contributed by atoms with van der Waals surface area (Å²) in [6.45, 7) is 0. The van der Waals surface area contributed by atoms with Crippen molar-refractivity contribution in [3.05, 3.63) is 79.3 Å². The summed E-state index contributed by atoms with van der Waals surface area (Å²) in [5, 5.41) is 0.257.